The SMILES string of the molecule is C/C=C\[SiH2]C(C)(C)N1CCCC1. The van der Waals surface area contributed by atoms with Crippen LogP contribution in [0.15, 0.2) is 11.8 Å². The van der Waals surface area contributed by atoms with Crippen LogP contribution >= 0.6 is 0 Å². The highest BCUT2D eigenvalue weighted by Crippen LogP contribution is 2.19. The number of hydrogen-bond acceptors (Lipinski definition) is 1. The minimum Gasteiger partial charge on any atom is -0.301 e. The molecule has 1 aliphatic heterocycles. The van der Waals surface area contributed by atoms with Crippen LogP contribution in [0.1, 0.15) is 33.6 Å². The van der Waals surface area contributed by atoms with Gasteiger partial charge in [-0.1, -0.05) is 6.08 Å². The van der Waals surface area contributed by atoms with Gasteiger partial charge in [0.2, 0.25) is 0 Å². The van der Waals surface area contributed by atoms with E-state index < -0.39 is 0 Å². The van der Waals surface area contributed by atoms with Gasteiger partial charge in [-0.15, -0.1) is 5.70 Å². The van der Waals surface area contributed by atoms with E-state index in [1.54, 1.807) is 0 Å². The van der Waals surface area contributed by atoms with Crippen LogP contribution in [-0.2, 0) is 0 Å². The van der Waals surface area contributed by atoms with Crippen molar-refractivity contribution in [2.24, 2.45) is 0 Å². The lowest BCUT2D eigenvalue weighted by Crippen LogP contribution is -2.46. The molecule has 0 atom stereocenters. The Morgan fingerprint density at radius 3 is 2.33 bits per heavy atom. The van der Waals surface area contributed by atoms with Crippen LogP contribution < -0.4 is 0 Å². The maximum atomic E-state index is 2.67. The highest BCUT2D eigenvalue weighted by atomic mass is 28.2. The summed E-state index contributed by atoms with van der Waals surface area (Å²) in [5.74, 6) is 0. The second-order valence-electron chi connectivity index (χ2n) is 4.28. The van der Waals surface area contributed by atoms with Crippen LogP contribution in [-0.4, -0.2) is 32.7 Å². The zero-order valence-electron chi connectivity index (χ0n) is 8.64. The van der Waals surface area contributed by atoms with Crippen LogP contribution in [0.2, 0.25) is 0 Å². The topological polar surface area (TPSA) is 3.24 Å². The fourth-order valence-corrected chi connectivity index (χ4v) is 3.24. The van der Waals surface area contributed by atoms with Crippen LogP contribution in [0.4, 0.5) is 0 Å². The predicted octanol–water partition coefficient (Wildman–Crippen LogP) is 1.52. The molecule has 0 radical (unpaired) electrons. The van der Waals surface area contributed by atoms with Gasteiger partial charge in [-0.05, 0) is 46.7 Å². The number of hydrogen-bond donors (Lipinski definition) is 0. The highest BCUT2D eigenvalue weighted by Gasteiger charge is 2.27. The summed E-state index contributed by atoms with van der Waals surface area (Å²) in [5, 5.41) is 0.517. The molecule has 0 N–H and O–H groups in total. The zero-order valence-corrected chi connectivity index (χ0v) is 10.1. The second-order valence-corrected chi connectivity index (χ2v) is 6.89. The maximum absolute atomic E-state index is 2.67. The first-order valence-corrected chi connectivity index (χ1v) is 6.55. The van der Waals surface area contributed by atoms with E-state index >= 15 is 0 Å². The molecule has 2 heteroatoms. The van der Waals surface area contributed by atoms with Gasteiger partial charge in [0.15, 0.2) is 0 Å². The van der Waals surface area contributed by atoms with E-state index in [2.05, 4.69) is 37.4 Å². The molecule has 0 unspecified atom stereocenters. The number of likely N-dealkylation sites (tertiary alicyclic amines) is 1. The molecule has 12 heavy (non-hydrogen) atoms. The quantitative estimate of drug-likeness (QED) is 0.600. The Kier molecular flexibility index (Phi) is 3.53. The van der Waals surface area contributed by atoms with Gasteiger partial charge in [0.25, 0.3) is 0 Å². The molecule has 1 rings (SSSR count). The fourth-order valence-electron chi connectivity index (χ4n) is 1.86. The van der Waals surface area contributed by atoms with Gasteiger partial charge in [-0.25, -0.2) is 0 Å². The molecular formula is C10H21NSi. The summed E-state index contributed by atoms with van der Waals surface area (Å²) in [6.45, 7) is 9.61. The largest absolute Gasteiger partial charge is 0.301 e. The van der Waals surface area contributed by atoms with E-state index in [0.29, 0.717) is 5.16 Å². The summed E-state index contributed by atoms with van der Waals surface area (Å²) in [6.07, 6.45) is 5.03. The van der Waals surface area contributed by atoms with E-state index in [-0.39, 0.29) is 9.52 Å². The Hall–Kier alpha value is -0.0831. The average molecular weight is 183 g/mol. The molecule has 0 aromatic heterocycles. The Morgan fingerprint density at radius 1 is 1.25 bits per heavy atom. The lowest BCUT2D eigenvalue weighted by atomic mass is 10.3. The van der Waals surface area contributed by atoms with Crippen molar-refractivity contribution in [3.63, 3.8) is 0 Å². The van der Waals surface area contributed by atoms with Gasteiger partial charge in [0.05, 0.1) is 9.52 Å². The van der Waals surface area contributed by atoms with Gasteiger partial charge in [-0.2, -0.15) is 0 Å². The summed E-state index contributed by atoms with van der Waals surface area (Å²) in [5.41, 5.74) is 2.42. The normalized spacial score (nSPS) is 21.9. The third-order valence-corrected chi connectivity index (χ3v) is 4.97. The lowest BCUT2D eigenvalue weighted by molar-refractivity contribution is 0.235. The minimum atomic E-state index is -0.0448. The summed E-state index contributed by atoms with van der Waals surface area (Å²) in [7, 11) is -0.0448. The summed E-state index contributed by atoms with van der Waals surface area (Å²) in [4.78, 5) is 2.67. The first kappa shape index (κ1) is 10.0. The third-order valence-electron chi connectivity index (χ3n) is 2.82. The van der Waals surface area contributed by atoms with Crippen molar-refractivity contribution < 1.29 is 0 Å². The van der Waals surface area contributed by atoms with Crippen LogP contribution in [0.5, 0.6) is 0 Å². The molecule has 0 amide bonds. The van der Waals surface area contributed by atoms with Crippen LogP contribution in [0, 0.1) is 0 Å². The summed E-state index contributed by atoms with van der Waals surface area (Å²) >= 11 is 0. The molecule has 0 saturated carbocycles. The molecular weight excluding hydrogens is 162 g/mol. The molecule has 0 aliphatic carbocycles. The third kappa shape index (κ3) is 2.46. The first-order valence-electron chi connectivity index (χ1n) is 5.03. The van der Waals surface area contributed by atoms with Crippen molar-refractivity contribution in [2.45, 2.75) is 38.8 Å². The first-order chi connectivity index (χ1) is 5.67. The molecule has 1 fully saturated rings. The van der Waals surface area contributed by atoms with Crippen molar-refractivity contribution in [3.05, 3.63) is 11.8 Å². The second kappa shape index (κ2) is 4.24. The number of nitrogens with zero attached hydrogens (tertiary/aromatic N) is 1. The van der Waals surface area contributed by atoms with Crippen molar-refractivity contribution in [1.82, 2.24) is 4.90 Å². The van der Waals surface area contributed by atoms with E-state index in [0.717, 1.165) is 0 Å². The Morgan fingerprint density at radius 2 is 1.83 bits per heavy atom. The van der Waals surface area contributed by atoms with Gasteiger partial charge >= 0.3 is 0 Å². The van der Waals surface area contributed by atoms with Gasteiger partial charge in [-0.3, -0.25) is 0 Å². The molecule has 1 heterocycles. The number of rotatable bonds is 3. The van der Waals surface area contributed by atoms with Gasteiger partial charge < -0.3 is 4.90 Å². The maximum Gasteiger partial charge on any atom is 0.0678 e. The van der Waals surface area contributed by atoms with E-state index in [1.807, 2.05) is 0 Å². The molecule has 1 nitrogen and oxygen atoms in total. The van der Waals surface area contributed by atoms with Crippen molar-refractivity contribution in [2.75, 3.05) is 13.1 Å². The molecule has 0 aromatic rings. The van der Waals surface area contributed by atoms with Gasteiger partial charge in [0, 0.05) is 5.16 Å². The monoisotopic (exact) mass is 183 g/mol. The van der Waals surface area contributed by atoms with Crippen LogP contribution in [0.3, 0.4) is 0 Å². The van der Waals surface area contributed by atoms with E-state index in [9.17, 15) is 0 Å². The smallest absolute Gasteiger partial charge is 0.0678 e. The minimum absolute atomic E-state index is 0.0448. The molecule has 0 spiro atoms. The summed E-state index contributed by atoms with van der Waals surface area (Å²) in [6, 6.07) is 0. The highest BCUT2D eigenvalue weighted by molar-refractivity contribution is 6.46. The van der Waals surface area contributed by atoms with E-state index in [1.165, 1.54) is 25.9 Å². The molecule has 0 aromatic carbocycles. The predicted molar refractivity (Wildman–Crippen MR) is 58.2 cm³/mol. The van der Waals surface area contributed by atoms with Crippen LogP contribution in [0.25, 0.3) is 0 Å². The zero-order chi connectivity index (χ0) is 9.03. The van der Waals surface area contributed by atoms with Crippen molar-refractivity contribution >= 4 is 9.52 Å². The molecule has 0 bridgehead atoms. The average Bonchev–Trinajstić information content (AvgIpc) is 2.53. The Bertz CT molecular complexity index is 157. The molecule has 70 valence electrons. The van der Waals surface area contributed by atoms with Crippen molar-refractivity contribution in [1.29, 1.82) is 0 Å². The standard InChI is InChI=1S/C10H21NSi/c1-4-9-12-10(2,3)11-7-5-6-8-11/h4,9H,5-8,12H2,1-3H3/b9-4-. The Balaban J connectivity index is 2.44. The lowest BCUT2D eigenvalue weighted by Gasteiger charge is -2.34. The van der Waals surface area contributed by atoms with Crippen molar-refractivity contribution in [3.8, 4) is 0 Å². The number of allylic oxidation sites excluding steroid dienone is 1. The fraction of sp³-hybridized carbons (Fsp3) is 0.800. The van der Waals surface area contributed by atoms with E-state index in [4.69, 9.17) is 0 Å². The Labute approximate surface area is 78.7 Å². The molecule has 1 saturated heterocycles. The summed E-state index contributed by atoms with van der Waals surface area (Å²) < 4.78 is 0. The van der Waals surface area contributed by atoms with Gasteiger partial charge in [0.1, 0.15) is 0 Å². The molecule has 1 aliphatic rings.